The van der Waals surface area contributed by atoms with Crippen molar-refractivity contribution < 1.29 is 23.9 Å². The molecule has 2 fully saturated rings. The fourth-order valence-corrected chi connectivity index (χ4v) is 4.42. The van der Waals surface area contributed by atoms with Crippen LogP contribution in [-0.4, -0.2) is 59.0 Å². The summed E-state index contributed by atoms with van der Waals surface area (Å²) in [5.74, 6) is -0.522. The largest absolute Gasteiger partial charge is 0.459 e. The fraction of sp³-hybridized carbons (Fsp3) is 0.625. The number of rotatable bonds is 5. The van der Waals surface area contributed by atoms with E-state index in [1.54, 1.807) is 9.80 Å². The van der Waals surface area contributed by atoms with Crippen LogP contribution in [0.25, 0.3) is 0 Å². The maximum Gasteiger partial charge on any atom is 0.410 e. The Kier molecular flexibility index (Phi) is 6.62. The van der Waals surface area contributed by atoms with Gasteiger partial charge in [-0.3, -0.25) is 4.79 Å². The quantitative estimate of drug-likeness (QED) is 0.667. The molecule has 2 saturated heterocycles. The van der Waals surface area contributed by atoms with Crippen molar-refractivity contribution in [3.05, 3.63) is 35.9 Å². The van der Waals surface area contributed by atoms with Crippen LogP contribution in [-0.2, 0) is 25.7 Å². The minimum atomic E-state index is -0.635. The standard InChI is InChI=1S/C24H34N2O5/c1-17(2)19(20(27)30-15-18-9-7-6-8-10-18)26-14-12-24(21(26)28)11-13-25(16-24)22(29)31-23(3,4)5/h6-10,17,19H,11-16H2,1-5H3. The van der Waals surface area contributed by atoms with Crippen molar-refractivity contribution in [2.75, 3.05) is 19.6 Å². The van der Waals surface area contributed by atoms with Crippen molar-refractivity contribution in [3.63, 3.8) is 0 Å². The lowest BCUT2D eigenvalue weighted by atomic mass is 9.85. The Morgan fingerprint density at radius 2 is 1.74 bits per heavy atom. The van der Waals surface area contributed by atoms with Crippen LogP contribution in [0.3, 0.4) is 0 Å². The second kappa shape index (κ2) is 8.89. The van der Waals surface area contributed by atoms with Crippen LogP contribution in [0, 0.1) is 11.3 Å². The molecule has 1 aromatic rings. The molecule has 2 amide bonds. The molecule has 0 bridgehead atoms. The van der Waals surface area contributed by atoms with Gasteiger partial charge in [0.05, 0.1) is 5.41 Å². The highest BCUT2D eigenvalue weighted by atomic mass is 16.6. The van der Waals surface area contributed by atoms with E-state index in [0.29, 0.717) is 32.5 Å². The van der Waals surface area contributed by atoms with Crippen LogP contribution >= 0.6 is 0 Å². The van der Waals surface area contributed by atoms with E-state index in [-0.39, 0.29) is 24.4 Å². The van der Waals surface area contributed by atoms with Gasteiger partial charge in [0.15, 0.2) is 0 Å². The number of likely N-dealkylation sites (tertiary alicyclic amines) is 2. The van der Waals surface area contributed by atoms with Crippen LogP contribution in [0.5, 0.6) is 0 Å². The molecule has 0 N–H and O–H groups in total. The molecule has 0 aliphatic carbocycles. The third kappa shape index (κ3) is 5.20. The van der Waals surface area contributed by atoms with Crippen LogP contribution in [0.15, 0.2) is 30.3 Å². The van der Waals surface area contributed by atoms with Gasteiger partial charge in [-0.2, -0.15) is 0 Å². The molecular formula is C24H34N2O5. The number of hydrogen-bond acceptors (Lipinski definition) is 5. The van der Waals surface area contributed by atoms with Gasteiger partial charge >= 0.3 is 12.1 Å². The van der Waals surface area contributed by atoms with E-state index in [1.165, 1.54) is 0 Å². The summed E-state index contributed by atoms with van der Waals surface area (Å²) in [6.45, 7) is 10.8. The van der Waals surface area contributed by atoms with E-state index in [1.807, 2.05) is 65.0 Å². The molecule has 0 aromatic heterocycles. The summed E-state index contributed by atoms with van der Waals surface area (Å²) < 4.78 is 11.0. The minimum Gasteiger partial charge on any atom is -0.459 e. The zero-order valence-corrected chi connectivity index (χ0v) is 19.2. The topological polar surface area (TPSA) is 76.2 Å². The number of hydrogen-bond donors (Lipinski definition) is 0. The van der Waals surface area contributed by atoms with Crippen molar-refractivity contribution in [2.45, 2.75) is 65.7 Å². The predicted molar refractivity (Wildman–Crippen MR) is 116 cm³/mol. The Morgan fingerprint density at radius 1 is 1.10 bits per heavy atom. The average Bonchev–Trinajstić information content (AvgIpc) is 3.26. The highest BCUT2D eigenvalue weighted by Crippen LogP contribution is 2.42. The molecular weight excluding hydrogens is 396 g/mol. The van der Waals surface area contributed by atoms with Gasteiger partial charge in [0.25, 0.3) is 0 Å². The molecule has 2 heterocycles. The highest BCUT2D eigenvalue weighted by molar-refractivity contribution is 5.91. The zero-order chi connectivity index (χ0) is 22.8. The number of nitrogens with zero attached hydrogens (tertiary/aromatic N) is 2. The molecule has 2 aliphatic rings. The number of benzene rings is 1. The van der Waals surface area contributed by atoms with Gasteiger partial charge in [-0.05, 0) is 45.1 Å². The van der Waals surface area contributed by atoms with E-state index in [2.05, 4.69) is 0 Å². The molecule has 7 nitrogen and oxygen atoms in total. The molecule has 0 radical (unpaired) electrons. The van der Waals surface area contributed by atoms with Gasteiger partial charge in [0.1, 0.15) is 18.2 Å². The molecule has 170 valence electrons. The number of carbonyl (C=O) groups is 3. The highest BCUT2D eigenvalue weighted by Gasteiger charge is 2.54. The van der Waals surface area contributed by atoms with Crippen molar-refractivity contribution in [1.82, 2.24) is 9.80 Å². The number of amides is 2. The van der Waals surface area contributed by atoms with E-state index in [9.17, 15) is 14.4 Å². The van der Waals surface area contributed by atoms with Gasteiger partial charge in [-0.1, -0.05) is 44.2 Å². The van der Waals surface area contributed by atoms with Crippen molar-refractivity contribution in [3.8, 4) is 0 Å². The van der Waals surface area contributed by atoms with Crippen molar-refractivity contribution >= 4 is 18.0 Å². The maximum absolute atomic E-state index is 13.4. The smallest absolute Gasteiger partial charge is 0.410 e. The van der Waals surface area contributed by atoms with Crippen molar-refractivity contribution in [2.24, 2.45) is 11.3 Å². The Bertz CT molecular complexity index is 817. The number of esters is 1. The third-order valence-corrected chi connectivity index (χ3v) is 5.98. The zero-order valence-electron chi connectivity index (χ0n) is 19.2. The summed E-state index contributed by atoms with van der Waals surface area (Å²) in [5.41, 5.74) is -0.306. The number of ether oxygens (including phenoxy) is 2. The SMILES string of the molecule is CC(C)C(C(=O)OCc1ccccc1)N1CCC2(CCN(C(=O)OC(C)(C)C)C2)C1=O. The van der Waals surface area contributed by atoms with Gasteiger partial charge in [-0.25, -0.2) is 9.59 Å². The molecule has 2 atom stereocenters. The molecule has 3 rings (SSSR count). The van der Waals surface area contributed by atoms with E-state index < -0.39 is 23.2 Å². The first-order valence-corrected chi connectivity index (χ1v) is 11.0. The van der Waals surface area contributed by atoms with E-state index >= 15 is 0 Å². The lowest BCUT2D eigenvalue weighted by Crippen LogP contribution is -2.49. The van der Waals surface area contributed by atoms with Crippen molar-refractivity contribution in [1.29, 1.82) is 0 Å². The molecule has 1 aromatic carbocycles. The average molecular weight is 431 g/mol. The predicted octanol–water partition coefficient (Wildman–Crippen LogP) is 3.61. The van der Waals surface area contributed by atoms with Gasteiger partial charge < -0.3 is 19.3 Å². The summed E-state index contributed by atoms with van der Waals surface area (Å²) in [7, 11) is 0. The molecule has 1 spiro atoms. The molecule has 2 unspecified atom stereocenters. The van der Waals surface area contributed by atoms with Crippen LogP contribution in [0.1, 0.15) is 53.0 Å². The normalized spacial score (nSPS) is 22.3. The second-order valence-corrected chi connectivity index (χ2v) is 9.96. The fourth-order valence-electron chi connectivity index (χ4n) is 4.42. The Balaban J connectivity index is 1.66. The molecule has 2 aliphatic heterocycles. The third-order valence-electron chi connectivity index (χ3n) is 5.98. The molecule has 0 saturated carbocycles. The van der Waals surface area contributed by atoms with Crippen LogP contribution < -0.4 is 0 Å². The molecule has 7 heteroatoms. The van der Waals surface area contributed by atoms with E-state index in [4.69, 9.17) is 9.47 Å². The Hall–Kier alpha value is -2.57. The monoisotopic (exact) mass is 430 g/mol. The Morgan fingerprint density at radius 3 is 2.35 bits per heavy atom. The summed E-state index contributed by atoms with van der Waals surface area (Å²) in [6.07, 6.45) is 0.824. The maximum atomic E-state index is 13.4. The molecule has 31 heavy (non-hydrogen) atoms. The first kappa shape index (κ1) is 23.1. The van der Waals surface area contributed by atoms with Gasteiger partial charge in [0, 0.05) is 19.6 Å². The van der Waals surface area contributed by atoms with Gasteiger partial charge in [-0.15, -0.1) is 0 Å². The van der Waals surface area contributed by atoms with Crippen LogP contribution in [0.2, 0.25) is 0 Å². The minimum absolute atomic E-state index is 0.0612. The second-order valence-electron chi connectivity index (χ2n) is 9.96. The lowest BCUT2D eigenvalue weighted by Gasteiger charge is -2.31. The Labute approximate surface area is 184 Å². The van der Waals surface area contributed by atoms with E-state index in [0.717, 1.165) is 5.56 Å². The number of carbonyl (C=O) groups excluding carboxylic acids is 3. The first-order valence-electron chi connectivity index (χ1n) is 11.0. The summed E-state index contributed by atoms with van der Waals surface area (Å²) in [6, 6.07) is 8.87. The summed E-state index contributed by atoms with van der Waals surface area (Å²) in [5, 5.41) is 0. The summed E-state index contributed by atoms with van der Waals surface area (Å²) in [4.78, 5) is 42.1. The van der Waals surface area contributed by atoms with Gasteiger partial charge in [0.2, 0.25) is 5.91 Å². The summed E-state index contributed by atoms with van der Waals surface area (Å²) >= 11 is 0. The lowest BCUT2D eigenvalue weighted by molar-refractivity contribution is -0.158. The first-order chi connectivity index (χ1) is 14.5. The van der Waals surface area contributed by atoms with Crippen LogP contribution in [0.4, 0.5) is 4.79 Å².